The number of carbonyl (C=O) groups excluding carboxylic acids is 3. The maximum Gasteiger partial charge on any atom is 0.323 e. The lowest BCUT2D eigenvalue weighted by Gasteiger charge is -2.12. The zero-order chi connectivity index (χ0) is 17.7. The molecule has 9 nitrogen and oxygen atoms in total. The van der Waals surface area contributed by atoms with Crippen molar-refractivity contribution in [3.63, 3.8) is 0 Å². The van der Waals surface area contributed by atoms with Crippen LogP contribution in [0.5, 0.6) is 0 Å². The number of hydrogen-bond acceptors (Lipinski definition) is 5. The average molecular weight is 335 g/mol. The molecule has 1 aliphatic heterocycles. The lowest BCUT2D eigenvalue weighted by molar-refractivity contribution is -0.135. The highest BCUT2D eigenvalue weighted by Crippen LogP contribution is 2.26. The van der Waals surface area contributed by atoms with E-state index in [1.54, 1.807) is 0 Å². The Morgan fingerprint density at radius 3 is 2.58 bits per heavy atom. The van der Waals surface area contributed by atoms with Gasteiger partial charge in [-0.3, -0.25) is 19.3 Å². The number of aliphatic carboxylic acids is 1. The summed E-state index contributed by atoms with van der Waals surface area (Å²) in [6, 6.07) is 3.61. The predicted octanol–water partition coefficient (Wildman–Crippen LogP) is 0.525. The van der Waals surface area contributed by atoms with Crippen molar-refractivity contribution in [3.8, 4) is 0 Å². The van der Waals surface area contributed by atoms with Crippen LogP contribution in [0, 0.1) is 0 Å². The Morgan fingerprint density at radius 1 is 1.21 bits per heavy atom. The van der Waals surface area contributed by atoms with Gasteiger partial charge in [-0.2, -0.15) is 0 Å². The molecule has 0 spiro atoms. The first-order valence-electron chi connectivity index (χ1n) is 7.20. The number of fused-ring (bicyclic) bond motifs is 1. The molecule has 0 fully saturated rings. The summed E-state index contributed by atoms with van der Waals surface area (Å²) in [5.41, 5.74) is 0.763. The van der Waals surface area contributed by atoms with E-state index in [1.165, 1.54) is 25.3 Å². The highest BCUT2D eigenvalue weighted by atomic mass is 16.5. The van der Waals surface area contributed by atoms with Crippen LogP contribution in [-0.2, 0) is 9.53 Å². The minimum atomic E-state index is -1.17. The highest BCUT2D eigenvalue weighted by molar-refractivity contribution is 6.21. The van der Waals surface area contributed by atoms with E-state index in [0.29, 0.717) is 13.0 Å². The molecule has 1 aromatic rings. The van der Waals surface area contributed by atoms with E-state index in [2.05, 4.69) is 10.6 Å². The van der Waals surface area contributed by atoms with Gasteiger partial charge in [-0.1, -0.05) is 0 Å². The van der Waals surface area contributed by atoms with Crippen LogP contribution in [0.15, 0.2) is 18.2 Å². The van der Waals surface area contributed by atoms with Crippen molar-refractivity contribution in [1.82, 2.24) is 10.2 Å². The molecule has 9 heteroatoms. The normalized spacial score (nSPS) is 13.0. The molecule has 0 aromatic heterocycles. The number of carboxylic acids is 1. The fraction of sp³-hybridized carbons (Fsp3) is 0.333. The maximum absolute atomic E-state index is 12.3. The molecule has 1 aliphatic rings. The number of urea groups is 1. The van der Waals surface area contributed by atoms with Gasteiger partial charge in [0, 0.05) is 25.9 Å². The lowest BCUT2D eigenvalue weighted by atomic mass is 10.1. The fourth-order valence-corrected chi connectivity index (χ4v) is 2.27. The Balaban J connectivity index is 2.07. The van der Waals surface area contributed by atoms with Crippen molar-refractivity contribution in [2.75, 3.05) is 32.1 Å². The number of imide groups is 1. The van der Waals surface area contributed by atoms with Gasteiger partial charge in [-0.05, 0) is 24.6 Å². The number of hydrogen-bond donors (Lipinski definition) is 3. The van der Waals surface area contributed by atoms with Gasteiger partial charge in [0.1, 0.15) is 6.54 Å². The summed E-state index contributed by atoms with van der Waals surface area (Å²) < 4.78 is 4.91. The molecule has 128 valence electrons. The summed E-state index contributed by atoms with van der Waals surface area (Å²) >= 11 is 0. The minimum Gasteiger partial charge on any atom is -0.480 e. The molecular weight excluding hydrogens is 318 g/mol. The summed E-state index contributed by atoms with van der Waals surface area (Å²) in [6.45, 7) is 0.160. The van der Waals surface area contributed by atoms with Gasteiger partial charge in [0.25, 0.3) is 11.8 Å². The molecule has 0 bridgehead atoms. The Morgan fingerprint density at radius 2 is 1.92 bits per heavy atom. The summed E-state index contributed by atoms with van der Waals surface area (Å²) in [5, 5.41) is 13.0. The van der Waals surface area contributed by atoms with Crippen molar-refractivity contribution < 1.29 is 29.0 Å². The molecular formula is C15H17N3O6. The molecule has 0 saturated carbocycles. The minimum absolute atomic E-state index is 0.202. The Bertz CT molecular complexity index is 688. The van der Waals surface area contributed by atoms with Crippen LogP contribution in [0.3, 0.4) is 0 Å². The van der Waals surface area contributed by atoms with Gasteiger partial charge in [-0.25, -0.2) is 4.79 Å². The third-order valence-electron chi connectivity index (χ3n) is 3.36. The summed E-state index contributed by atoms with van der Waals surface area (Å²) in [4.78, 5) is 47.6. The van der Waals surface area contributed by atoms with Crippen molar-refractivity contribution in [1.29, 1.82) is 0 Å². The van der Waals surface area contributed by atoms with Crippen LogP contribution in [0.4, 0.5) is 10.5 Å². The molecule has 3 N–H and O–H groups in total. The predicted molar refractivity (Wildman–Crippen MR) is 83.0 cm³/mol. The first-order chi connectivity index (χ1) is 11.4. The summed E-state index contributed by atoms with van der Waals surface area (Å²) in [6.07, 6.45) is 0.532. The molecule has 1 aromatic carbocycles. The Labute approximate surface area is 137 Å². The van der Waals surface area contributed by atoms with Gasteiger partial charge in [0.15, 0.2) is 0 Å². The first kappa shape index (κ1) is 17.4. The quantitative estimate of drug-likeness (QED) is 0.493. The number of nitrogens with one attached hydrogen (secondary N) is 2. The average Bonchev–Trinajstić information content (AvgIpc) is 2.78. The molecule has 24 heavy (non-hydrogen) atoms. The van der Waals surface area contributed by atoms with Crippen LogP contribution in [0.25, 0.3) is 0 Å². The summed E-state index contributed by atoms with van der Waals surface area (Å²) in [7, 11) is 1.54. The molecule has 0 aliphatic carbocycles. The zero-order valence-corrected chi connectivity index (χ0v) is 13.0. The van der Waals surface area contributed by atoms with Crippen LogP contribution in [0.2, 0.25) is 0 Å². The number of rotatable bonds is 7. The van der Waals surface area contributed by atoms with Gasteiger partial charge in [0.2, 0.25) is 0 Å². The number of amides is 4. The van der Waals surface area contributed by atoms with E-state index in [-0.39, 0.29) is 29.3 Å². The van der Waals surface area contributed by atoms with Gasteiger partial charge < -0.3 is 20.5 Å². The fourth-order valence-electron chi connectivity index (χ4n) is 2.27. The lowest BCUT2D eigenvalue weighted by Crippen LogP contribution is -2.33. The largest absolute Gasteiger partial charge is 0.480 e. The number of methoxy groups -OCH3 is 1. The van der Waals surface area contributed by atoms with Crippen LogP contribution < -0.4 is 10.6 Å². The molecule has 4 amide bonds. The Hall–Kier alpha value is -2.94. The molecule has 0 atom stereocenters. The zero-order valence-electron chi connectivity index (χ0n) is 13.0. The number of ether oxygens (including phenoxy) is 1. The van der Waals surface area contributed by atoms with E-state index in [9.17, 15) is 19.2 Å². The summed E-state index contributed by atoms with van der Waals surface area (Å²) in [5.74, 6) is -1.99. The van der Waals surface area contributed by atoms with Crippen molar-refractivity contribution >= 4 is 29.5 Å². The van der Waals surface area contributed by atoms with Crippen molar-refractivity contribution in [2.45, 2.75) is 6.42 Å². The van der Waals surface area contributed by atoms with Crippen molar-refractivity contribution in [3.05, 3.63) is 29.3 Å². The van der Waals surface area contributed by atoms with Crippen LogP contribution in [-0.4, -0.2) is 60.6 Å². The third kappa shape index (κ3) is 3.87. The molecule has 1 heterocycles. The number of nitrogens with zero attached hydrogens (tertiary/aromatic N) is 1. The maximum atomic E-state index is 12.3. The third-order valence-corrected chi connectivity index (χ3v) is 3.36. The van der Waals surface area contributed by atoms with E-state index in [1.807, 2.05) is 0 Å². The van der Waals surface area contributed by atoms with E-state index in [0.717, 1.165) is 4.90 Å². The van der Waals surface area contributed by atoms with E-state index >= 15 is 0 Å². The van der Waals surface area contributed by atoms with E-state index in [4.69, 9.17) is 9.84 Å². The van der Waals surface area contributed by atoms with E-state index < -0.39 is 24.5 Å². The van der Waals surface area contributed by atoms with Gasteiger partial charge in [-0.15, -0.1) is 0 Å². The topological polar surface area (TPSA) is 125 Å². The van der Waals surface area contributed by atoms with Crippen LogP contribution in [0.1, 0.15) is 27.1 Å². The standard InChI is InChI=1S/C15H17N3O6/c1-24-6-2-5-18-13(21)10-4-3-9(7-11(10)14(18)22)17-15(23)16-8-12(19)20/h3-4,7H,2,5-6,8H2,1H3,(H,19,20)(H2,16,17,23). The monoisotopic (exact) mass is 335 g/mol. The smallest absolute Gasteiger partial charge is 0.323 e. The number of benzene rings is 1. The molecule has 0 saturated heterocycles. The second-order valence-electron chi connectivity index (χ2n) is 5.07. The number of carboxylic acid groups (broad SMARTS) is 1. The molecule has 0 radical (unpaired) electrons. The number of anilines is 1. The van der Waals surface area contributed by atoms with Gasteiger partial charge in [0.05, 0.1) is 11.1 Å². The van der Waals surface area contributed by atoms with Gasteiger partial charge >= 0.3 is 12.0 Å². The molecule has 0 unspecified atom stereocenters. The number of carbonyl (C=O) groups is 4. The second-order valence-corrected chi connectivity index (χ2v) is 5.07. The molecule has 2 rings (SSSR count). The first-order valence-corrected chi connectivity index (χ1v) is 7.20. The highest BCUT2D eigenvalue weighted by Gasteiger charge is 2.35. The SMILES string of the molecule is COCCCN1C(=O)c2ccc(NC(=O)NCC(=O)O)cc2C1=O. The second kappa shape index (κ2) is 7.55. The Kier molecular flexibility index (Phi) is 5.48. The van der Waals surface area contributed by atoms with Crippen molar-refractivity contribution in [2.24, 2.45) is 0 Å². The van der Waals surface area contributed by atoms with Crippen LogP contribution >= 0.6 is 0 Å².